The zero-order valence-corrected chi connectivity index (χ0v) is 44.1. The van der Waals surface area contributed by atoms with Crippen molar-refractivity contribution in [1.29, 1.82) is 0 Å². The van der Waals surface area contributed by atoms with Gasteiger partial charge in [0.15, 0.2) is 17.5 Å². The highest BCUT2D eigenvalue weighted by Gasteiger charge is 2.28. The SMILES string of the molecule is c1ccc(-c2nc(-c3ccccc3)nc(-c3cc(-c4ccccc4-n4c5ccccc5c5ccccc54)c(-n4c5ccccc5c5c6oc7ccccc7c6ccc54)c(-c4ccccc4-n4c5ccccc5c5ccccc54)c3)n2)cc1. The van der Waals surface area contributed by atoms with Crippen LogP contribution in [0.25, 0.3) is 161 Å². The second-order valence-electron chi connectivity index (χ2n) is 21.0. The molecule has 7 heteroatoms. The molecule has 0 amide bonds. The topological polar surface area (TPSA) is 66.6 Å². The predicted octanol–water partition coefficient (Wildman–Crippen LogP) is 19.4. The Labute approximate surface area is 470 Å². The molecule has 5 heterocycles. The van der Waals surface area contributed by atoms with E-state index in [0.29, 0.717) is 17.5 Å². The maximum Gasteiger partial charge on any atom is 0.164 e. The van der Waals surface area contributed by atoms with Gasteiger partial charge in [0.25, 0.3) is 0 Å². The summed E-state index contributed by atoms with van der Waals surface area (Å²) in [6, 6.07) is 99.6. The Balaban J connectivity index is 1.07. The van der Waals surface area contributed by atoms with E-state index in [1.165, 1.54) is 21.5 Å². The van der Waals surface area contributed by atoms with Gasteiger partial charge in [0.2, 0.25) is 0 Å². The lowest BCUT2D eigenvalue weighted by molar-refractivity contribution is 0.673. The highest BCUT2D eigenvalue weighted by atomic mass is 16.3. The van der Waals surface area contributed by atoms with Crippen LogP contribution in [0.4, 0.5) is 0 Å². The molecule has 0 atom stereocenters. The molecule has 0 fully saturated rings. The number of fused-ring (bicyclic) bond motifs is 13. The molecule has 0 aliphatic heterocycles. The minimum atomic E-state index is 0.552. The smallest absolute Gasteiger partial charge is 0.164 e. The summed E-state index contributed by atoms with van der Waals surface area (Å²) in [7, 11) is 0. The molecule has 17 rings (SSSR count). The van der Waals surface area contributed by atoms with Crippen LogP contribution < -0.4 is 0 Å². The number of rotatable bonds is 8. The number of para-hydroxylation sites is 8. The molecule has 12 aromatic carbocycles. The van der Waals surface area contributed by atoms with Gasteiger partial charge in [-0.25, -0.2) is 15.0 Å². The van der Waals surface area contributed by atoms with E-state index >= 15 is 0 Å². The fourth-order valence-corrected chi connectivity index (χ4v) is 13.0. The van der Waals surface area contributed by atoms with Crippen molar-refractivity contribution in [2.45, 2.75) is 0 Å². The Kier molecular flexibility index (Phi) is 10.2. The van der Waals surface area contributed by atoms with Gasteiger partial charge in [-0.15, -0.1) is 0 Å². The van der Waals surface area contributed by atoms with Crippen molar-refractivity contribution in [3.8, 4) is 73.5 Å². The van der Waals surface area contributed by atoms with Crippen LogP contribution in [0, 0.1) is 0 Å². The van der Waals surface area contributed by atoms with E-state index in [0.717, 1.165) is 122 Å². The van der Waals surface area contributed by atoms with E-state index in [1.807, 2.05) is 42.5 Å². The number of hydrogen-bond donors (Lipinski definition) is 0. The molecule has 0 aliphatic carbocycles. The standard InChI is InChI=1S/C75H46N6O/c1-3-23-47(24-4-1)73-76-74(48-25-5-2-6-26-48)78-75(77-73)49-45-59(54-31-11-19-39-65(54)79-61-35-15-7-27-50(61)51-28-8-16-36-62(51)79)71(81-67-41-21-13-34-58(67)70-68(81)44-43-57-56-33-14-22-42-69(56)82-72(57)70)60(46-49)55-32-12-20-40-66(55)80-63-37-17-9-29-52(63)53-30-10-18-38-64(53)80/h1-46H. The molecule has 7 nitrogen and oxygen atoms in total. The predicted molar refractivity (Wildman–Crippen MR) is 337 cm³/mol. The summed E-state index contributed by atoms with van der Waals surface area (Å²) < 4.78 is 14.4. The number of furan rings is 1. The molecule has 82 heavy (non-hydrogen) atoms. The van der Waals surface area contributed by atoms with Crippen LogP contribution in [0.1, 0.15) is 0 Å². The van der Waals surface area contributed by atoms with E-state index in [4.69, 9.17) is 19.4 Å². The molecule has 0 radical (unpaired) electrons. The summed E-state index contributed by atoms with van der Waals surface area (Å²) in [4.78, 5) is 16.1. The van der Waals surface area contributed by atoms with Crippen LogP contribution in [0.5, 0.6) is 0 Å². The molecule has 0 bridgehead atoms. The molecule has 382 valence electrons. The van der Waals surface area contributed by atoms with Gasteiger partial charge >= 0.3 is 0 Å². The van der Waals surface area contributed by atoms with Crippen molar-refractivity contribution < 1.29 is 4.42 Å². The molecular formula is C75H46N6O. The lowest BCUT2D eigenvalue weighted by atomic mass is 9.90. The molecule has 5 aromatic heterocycles. The Bertz CT molecular complexity index is 5070. The summed E-state index contributed by atoms with van der Waals surface area (Å²) in [6.07, 6.45) is 0. The van der Waals surface area contributed by atoms with Gasteiger partial charge in [-0.3, -0.25) is 0 Å². The van der Waals surface area contributed by atoms with Crippen molar-refractivity contribution in [1.82, 2.24) is 28.7 Å². The first-order valence-corrected chi connectivity index (χ1v) is 27.8. The van der Waals surface area contributed by atoms with E-state index in [2.05, 4.69) is 250 Å². The normalized spacial score (nSPS) is 11.9. The Morgan fingerprint density at radius 2 is 0.634 bits per heavy atom. The number of hydrogen-bond acceptors (Lipinski definition) is 4. The summed E-state index contributed by atoms with van der Waals surface area (Å²) in [5, 5.41) is 9.05. The van der Waals surface area contributed by atoms with Crippen LogP contribution in [-0.2, 0) is 0 Å². The minimum absolute atomic E-state index is 0.552. The van der Waals surface area contributed by atoms with E-state index in [1.54, 1.807) is 0 Å². The average Bonchev–Trinajstić information content (AvgIpc) is 2.88. The zero-order chi connectivity index (χ0) is 53.8. The largest absolute Gasteiger partial charge is 0.455 e. The third kappa shape index (κ3) is 6.93. The molecule has 0 N–H and O–H groups in total. The lowest BCUT2D eigenvalue weighted by Crippen LogP contribution is -2.07. The Morgan fingerprint density at radius 1 is 0.256 bits per heavy atom. The summed E-state index contributed by atoms with van der Waals surface area (Å²) in [5.41, 5.74) is 18.0. The molecule has 17 aromatic rings. The van der Waals surface area contributed by atoms with Gasteiger partial charge in [0, 0.05) is 76.6 Å². The van der Waals surface area contributed by atoms with E-state index in [-0.39, 0.29) is 0 Å². The minimum Gasteiger partial charge on any atom is -0.455 e. The van der Waals surface area contributed by atoms with Crippen molar-refractivity contribution in [2.24, 2.45) is 0 Å². The summed E-state index contributed by atoms with van der Waals surface area (Å²) in [5.74, 6) is 1.73. The Hall–Kier alpha value is -11.2. The highest BCUT2D eigenvalue weighted by molar-refractivity contribution is 6.24. The van der Waals surface area contributed by atoms with Gasteiger partial charge in [-0.2, -0.15) is 0 Å². The molecule has 0 saturated heterocycles. The van der Waals surface area contributed by atoms with E-state index < -0.39 is 0 Å². The second-order valence-corrected chi connectivity index (χ2v) is 21.0. The molecule has 0 unspecified atom stereocenters. The zero-order valence-electron chi connectivity index (χ0n) is 44.1. The molecule has 0 aliphatic rings. The summed E-state index contributed by atoms with van der Waals surface area (Å²) >= 11 is 0. The van der Waals surface area contributed by atoms with E-state index in [9.17, 15) is 0 Å². The van der Waals surface area contributed by atoms with Crippen molar-refractivity contribution in [3.63, 3.8) is 0 Å². The fraction of sp³-hybridized carbons (Fsp3) is 0. The lowest BCUT2D eigenvalue weighted by Gasteiger charge is -2.24. The van der Waals surface area contributed by atoms with Gasteiger partial charge in [0.05, 0.1) is 55.5 Å². The van der Waals surface area contributed by atoms with Crippen molar-refractivity contribution in [2.75, 3.05) is 0 Å². The maximum atomic E-state index is 6.98. The first-order valence-electron chi connectivity index (χ1n) is 27.8. The quantitative estimate of drug-likeness (QED) is 0.152. The van der Waals surface area contributed by atoms with Gasteiger partial charge in [-0.05, 0) is 72.8 Å². The average molecular weight is 1050 g/mol. The van der Waals surface area contributed by atoms with Crippen LogP contribution >= 0.6 is 0 Å². The van der Waals surface area contributed by atoms with Crippen LogP contribution in [-0.4, -0.2) is 28.7 Å². The number of nitrogens with zero attached hydrogens (tertiary/aromatic N) is 6. The molecule has 0 spiro atoms. The third-order valence-corrected chi connectivity index (χ3v) is 16.5. The van der Waals surface area contributed by atoms with Crippen LogP contribution in [0.15, 0.2) is 283 Å². The van der Waals surface area contributed by atoms with Gasteiger partial charge < -0.3 is 18.1 Å². The Morgan fingerprint density at radius 3 is 1.12 bits per heavy atom. The first-order chi connectivity index (χ1) is 40.7. The third-order valence-electron chi connectivity index (χ3n) is 16.5. The van der Waals surface area contributed by atoms with Crippen LogP contribution in [0.3, 0.4) is 0 Å². The monoisotopic (exact) mass is 1050 g/mol. The van der Waals surface area contributed by atoms with Gasteiger partial charge in [-0.1, -0.05) is 206 Å². The van der Waals surface area contributed by atoms with Crippen LogP contribution in [0.2, 0.25) is 0 Å². The fourth-order valence-electron chi connectivity index (χ4n) is 13.0. The second kappa shape index (κ2) is 18.2. The van der Waals surface area contributed by atoms with Crippen molar-refractivity contribution in [3.05, 3.63) is 279 Å². The van der Waals surface area contributed by atoms with Gasteiger partial charge in [0.1, 0.15) is 11.2 Å². The van der Waals surface area contributed by atoms with Crippen molar-refractivity contribution >= 4 is 87.4 Å². The number of benzene rings is 12. The molecular weight excluding hydrogens is 1000 g/mol. The summed E-state index contributed by atoms with van der Waals surface area (Å²) in [6.45, 7) is 0. The molecule has 0 saturated carbocycles. The maximum absolute atomic E-state index is 6.98. The first kappa shape index (κ1) is 45.8. The highest BCUT2D eigenvalue weighted by Crippen LogP contribution is 2.49. The number of aromatic nitrogens is 6.